The molecule has 0 atom stereocenters. The highest BCUT2D eigenvalue weighted by Gasteiger charge is 2.25. The molecule has 0 aliphatic carbocycles. The van der Waals surface area contributed by atoms with Crippen LogP contribution in [0, 0.1) is 5.82 Å². The lowest BCUT2D eigenvalue weighted by Gasteiger charge is -2.21. The quantitative estimate of drug-likeness (QED) is 0.756. The summed E-state index contributed by atoms with van der Waals surface area (Å²) in [6.45, 7) is 4.75. The average molecular weight is 415 g/mol. The molecule has 0 aliphatic heterocycles. The van der Waals surface area contributed by atoms with Gasteiger partial charge in [0.05, 0.1) is 10.7 Å². The summed E-state index contributed by atoms with van der Waals surface area (Å²) < 4.78 is 46.0. The highest BCUT2D eigenvalue weighted by molar-refractivity contribution is 7.89. The van der Waals surface area contributed by atoms with Crippen LogP contribution in [0.15, 0.2) is 47.4 Å². The van der Waals surface area contributed by atoms with E-state index in [9.17, 15) is 17.6 Å². The lowest BCUT2D eigenvalue weighted by molar-refractivity contribution is -0.118. The number of rotatable bonds is 6. The predicted molar refractivity (Wildman–Crippen MR) is 102 cm³/mol. The fourth-order valence-corrected chi connectivity index (χ4v) is 3.92. The molecule has 27 heavy (non-hydrogen) atoms. The first-order chi connectivity index (χ1) is 12.5. The molecule has 0 saturated heterocycles. The smallest absolute Gasteiger partial charge is 0.262 e. The van der Waals surface area contributed by atoms with Gasteiger partial charge in [-0.05, 0) is 45.0 Å². The predicted octanol–water partition coefficient (Wildman–Crippen LogP) is 3.57. The highest BCUT2D eigenvalue weighted by atomic mass is 35.5. The third kappa shape index (κ3) is 6.20. The molecule has 0 fully saturated rings. The van der Waals surface area contributed by atoms with Crippen LogP contribution in [0.5, 0.6) is 5.75 Å². The monoisotopic (exact) mass is 414 g/mol. The minimum atomic E-state index is -3.84. The summed E-state index contributed by atoms with van der Waals surface area (Å²) in [5, 5.41) is 2.38. The Kier molecular flexibility index (Phi) is 6.46. The largest absolute Gasteiger partial charge is 0.484 e. The first-order valence-electron chi connectivity index (χ1n) is 7.99. The Morgan fingerprint density at radius 1 is 1.19 bits per heavy atom. The second kappa shape index (κ2) is 8.24. The maximum Gasteiger partial charge on any atom is 0.262 e. The van der Waals surface area contributed by atoms with Gasteiger partial charge in [-0.15, -0.1) is 0 Å². The van der Waals surface area contributed by atoms with Gasteiger partial charge >= 0.3 is 0 Å². The zero-order chi connectivity index (χ0) is 20.2. The minimum Gasteiger partial charge on any atom is -0.484 e. The first-order valence-corrected chi connectivity index (χ1v) is 9.85. The minimum absolute atomic E-state index is 0.0573. The van der Waals surface area contributed by atoms with Crippen LogP contribution in [0.4, 0.5) is 10.1 Å². The van der Waals surface area contributed by atoms with Gasteiger partial charge in [-0.1, -0.05) is 23.7 Å². The third-order valence-corrected chi connectivity index (χ3v) is 5.26. The van der Waals surface area contributed by atoms with E-state index in [0.29, 0.717) is 0 Å². The summed E-state index contributed by atoms with van der Waals surface area (Å²) in [6, 6.07) is 9.73. The van der Waals surface area contributed by atoms with Gasteiger partial charge in [-0.3, -0.25) is 4.79 Å². The van der Waals surface area contributed by atoms with Crippen LogP contribution in [-0.4, -0.2) is 26.5 Å². The van der Waals surface area contributed by atoms with E-state index in [1.807, 2.05) is 0 Å². The average Bonchev–Trinajstić information content (AvgIpc) is 2.54. The van der Waals surface area contributed by atoms with E-state index in [1.54, 1.807) is 32.9 Å². The van der Waals surface area contributed by atoms with Crippen molar-refractivity contribution < 1.29 is 22.3 Å². The van der Waals surface area contributed by atoms with Gasteiger partial charge in [0.25, 0.3) is 5.91 Å². The van der Waals surface area contributed by atoms with Crippen molar-refractivity contribution in [3.63, 3.8) is 0 Å². The van der Waals surface area contributed by atoms with Gasteiger partial charge in [0.15, 0.2) is 6.61 Å². The number of anilines is 1. The summed E-state index contributed by atoms with van der Waals surface area (Å²) >= 11 is 5.65. The van der Waals surface area contributed by atoms with Crippen molar-refractivity contribution in [1.29, 1.82) is 0 Å². The van der Waals surface area contributed by atoms with Crippen molar-refractivity contribution in [1.82, 2.24) is 4.72 Å². The van der Waals surface area contributed by atoms with E-state index in [1.165, 1.54) is 24.3 Å². The Hall–Kier alpha value is -2.16. The van der Waals surface area contributed by atoms with Crippen LogP contribution in [0.3, 0.4) is 0 Å². The molecule has 6 nitrogen and oxygen atoms in total. The molecule has 0 spiro atoms. The lowest BCUT2D eigenvalue weighted by Crippen LogP contribution is -2.40. The molecule has 1 amide bonds. The molecule has 146 valence electrons. The second-order valence-electron chi connectivity index (χ2n) is 6.76. The Balaban J connectivity index is 2.11. The number of carbonyl (C=O) groups is 1. The number of amides is 1. The van der Waals surface area contributed by atoms with Crippen LogP contribution in [0.1, 0.15) is 20.8 Å². The Bertz CT molecular complexity index is 943. The summed E-state index contributed by atoms with van der Waals surface area (Å²) in [5.41, 5.74) is -0.555. The van der Waals surface area contributed by atoms with Crippen molar-refractivity contribution in [3.05, 3.63) is 53.3 Å². The molecule has 2 rings (SSSR count). The van der Waals surface area contributed by atoms with E-state index >= 15 is 0 Å². The fourth-order valence-electron chi connectivity index (χ4n) is 2.16. The van der Waals surface area contributed by atoms with E-state index in [0.717, 1.165) is 6.07 Å². The fraction of sp³-hybridized carbons (Fsp3) is 0.278. The molecule has 0 aromatic heterocycles. The van der Waals surface area contributed by atoms with E-state index in [4.69, 9.17) is 16.3 Å². The number of sulfonamides is 1. The number of benzene rings is 2. The first kappa shape index (κ1) is 21.1. The summed E-state index contributed by atoms with van der Waals surface area (Å²) in [7, 11) is -3.84. The molecule has 0 radical (unpaired) electrons. The zero-order valence-electron chi connectivity index (χ0n) is 15.0. The summed E-state index contributed by atoms with van der Waals surface area (Å²) in [5.74, 6) is -0.959. The SMILES string of the molecule is CC(C)(C)NS(=O)(=O)c1ccccc1NC(=O)COc1ccc(F)c(Cl)c1. The number of para-hydroxylation sites is 1. The molecular weight excluding hydrogens is 395 g/mol. The van der Waals surface area contributed by atoms with Crippen molar-refractivity contribution in [2.24, 2.45) is 0 Å². The van der Waals surface area contributed by atoms with E-state index in [2.05, 4.69) is 10.0 Å². The number of ether oxygens (including phenoxy) is 1. The summed E-state index contributed by atoms with van der Waals surface area (Å²) in [4.78, 5) is 12.1. The third-order valence-electron chi connectivity index (χ3n) is 3.15. The molecule has 2 N–H and O–H groups in total. The van der Waals surface area contributed by atoms with Crippen LogP contribution in [-0.2, 0) is 14.8 Å². The van der Waals surface area contributed by atoms with Crippen molar-refractivity contribution >= 4 is 33.2 Å². The second-order valence-corrected chi connectivity index (χ2v) is 8.82. The Labute approximate surface area is 162 Å². The lowest BCUT2D eigenvalue weighted by atomic mass is 10.1. The molecule has 0 bridgehead atoms. The maximum atomic E-state index is 13.1. The maximum absolute atomic E-state index is 13.1. The molecule has 2 aromatic rings. The number of halogens is 2. The van der Waals surface area contributed by atoms with Crippen LogP contribution < -0.4 is 14.8 Å². The molecule has 0 aliphatic rings. The Morgan fingerprint density at radius 2 is 1.85 bits per heavy atom. The summed E-state index contributed by atoms with van der Waals surface area (Å²) in [6.07, 6.45) is 0. The molecule has 0 unspecified atom stereocenters. The van der Waals surface area contributed by atoms with Crippen LogP contribution in [0.2, 0.25) is 5.02 Å². The van der Waals surface area contributed by atoms with Gasteiger partial charge in [0, 0.05) is 11.6 Å². The number of nitrogens with one attached hydrogen (secondary N) is 2. The standard InChI is InChI=1S/C18H20ClFN2O4S/c1-18(2,3)22-27(24,25)16-7-5-4-6-15(16)21-17(23)11-26-12-8-9-14(20)13(19)10-12/h4-10,22H,11H2,1-3H3,(H,21,23). The van der Waals surface area contributed by atoms with Gasteiger partial charge in [0.2, 0.25) is 10.0 Å². The highest BCUT2D eigenvalue weighted by Crippen LogP contribution is 2.23. The van der Waals surface area contributed by atoms with Gasteiger partial charge in [-0.2, -0.15) is 0 Å². The molecule has 0 heterocycles. The number of hydrogen-bond donors (Lipinski definition) is 2. The number of carbonyl (C=O) groups excluding carboxylic acids is 1. The molecule has 9 heteroatoms. The van der Waals surface area contributed by atoms with Gasteiger partial charge in [-0.25, -0.2) is 17.5 Å². The molecular formula is C18H20ClFN2O4S. The van der Waals surface area contributed by atoms with E-state index in [-0.39, 0.29) is 21.4 Å². The Morgan fingerprint density at radius 3 is 2.48 bits per heavy atom. The van der Waals surface area contributed by atoms with Crippen molar-refractivity contribution in [2.45, 2.75) is 31.2 Å². The number of hydrogen-bond acceptors (Lipinski definition) is 4. The normalized spacial score (nSPS) is 11.9. The van der Waals surface area contributed by atoms with Crippen LogP contribution >= 0.6 is 11.6 Å². The van der Waals surface area contributed by atoms with Crippen molar-refractivity contribution in [3.8, 4) is 5.75 Å². The van der Waals surface area contributed by atoms with E-state index < -0.39 is 33.9 Å². The van der Waals surface area contributed by atoms with Gasteiger partial charge < -0.3 is 10.1 Å². The van der Waals surface area contributed by atoms with Crippen molar-refractivity contribution in [2.75, 3.05) is 11.9 Å². The molecule has 2 aromatic carbocycles. The van der Waals surface area contributed by atoms with Crippen LogP contribution in [0.25, 0.3) is 0 Å². The molecule has 0 saturated carbocycles. The van der Waals surface area contributed by atoms with Gasteiger partial charge in [0.1, 0.15) is 16.5 Å². The zero-order valence-corrected chi connectivity index (χ0v) is 16.6. The topological polar surface area (TPSA) is 84.5 Å².